The standard InChI is InChI=1S/C20H32N5/c1-17-19(12-18-8-4-5-9-20(18)23-17)13-25(15-22)11-7-3-2-6-10-24(14-21)16-25/h4-5,8-9,12H,2-3,6-7,10-11,13-16,21-22H2,1H3/q+1. The number of aryl methyl sites for hydroxylation is 1. The SMILES string of the molecule is Cc1nc2ccccc2cc1C[N+]1(CN)CCCCCCN(CN)C1. The number of hydrogen-bond donors (Lipinski definition) is 2. The summed E-state index contributed by atoms with van der Waals surface area (Å²) >= 11 is 0. The Labute approximate surface area is 151 Å². The Morgan fingerprint density at radius 2 is 1.92 bits per heavy atom. The number of benzene rings is 1. The van der Waals surface area contributed by atoms with Gasteiger partial charge in [0.15, 0.2) is 0 Å². The van der Waals surface area contributed by atoms with Gasteiger partial charge in [-0.05, 0) is 38.3 Å². The van der Waals surface area contributed by atoms with E-state index in [1.54, 1.807) is 0 Å². The van der Waals surface area contributed by atoms with Crippen molar-refractivity contribution < 1.29 is 4.48 Å². The largest absolute Gasteiger partial charge is 0.318 e. The van der Waals surface area contributed by atoms with Crippen molar-refractivity contribution in [1.82, 2.24) is 9.88 Å². The van der Waals surface area contributed by atoms with Crippen molar-refractivity contribution in [2.45, 2.75) is 39.2 Å². The lowest BCUT2D eigenvalue weighted by atomic mass is 10.1. The van der Waals surface area contributed by atoms with Gasteiger partial charge in [0.2, 0.25) is 0 Å². The van der Waals surface area contributed by atoms with Gasteiger partial charge in [-0.2, -0.15) is 0 Å². The highest BCUT2D eigenvalue weighted by Gasteiger charge is 2.30. The fourth-order valence-electron chi connectivity index (χ4n) is 3.97. The van der Waals surface area contributed by atoms with Gasteiger partial charge in [-0.3, -0.25) is 15.2 Å². The maximum Gasteiger partial charge on any atom is 0.137 e. The Hall–Kier alpha value is -1.53. The second kappa shape index (κ2) is 8.23. The highest BCUT2D eigenvalue weighted by molar-refractivity contribution is 5.79. The van der Waals surface area contributed by atoms with Crippen LogP contribution in [0.5, 0.6) is 0 Å². The van der Waals surface area contributed by atoms with Crippen molar-refractivity contribution in [1.29, 1.82) is 0 Å². The summed E-state index contributed by atoms with van der Waals surface area (Å²) in [6.45, 7) is 7.41. The van der Waals surface area contributed by atoms with E-state index in [0.717, 1.165) is 42.0 Å². The maximum atomic E-state index is 6.32. The molecule has 1 aliphatic rings. The fraction of sp³-hybridized carbons (Fsp3) is 0.550. The molecular formula is C20H32N5+. The molecule has 5 heteroatoms. The van der Waals surface area contributed by atoms with Gasteiger partial charge in [0.25, 0.3) is 0 Å². The number of nitrogens with two attached hydrogens (primary N) is 2. The number of rotatable bonds is 4. The zero-order chi connectivity index (χ0) is 17.7. The van der Waals surface area contributed by atoms with E-state index in [4.69, 9.17) is 16.5 Å². The van der Waals surface area contributed by atoms with E-state index in [2.05, 4.69) is 36.1 Å². The summed E-state index contributed by atoms with van der Waals surface area (Å²) in [5, 5.41) is 1.21. The summed E-state index contributed by atoms with van der Waals surface area (Å²) in [6, 6.07) is 10.6. The lowest BCUT2D eigenvalue weighted by Gasteiger charge is -2.40. The normalized spacial score (nSPS) is 23.2. The maximum absolute atomic E-state index is 6.32. The Morgan fingerprint density at radius 3 is 2.72 bits per heavy atom. The molecule has 1 fully saturated rings. The first-order chi connectivity index (χ1) is 12.2. The average molecular weight is 343 g/mol. The van der Waals surface area contributed by atoms with E-state index < -0.39 is 0 Å². The second-order valence-corrected chi connectivity index (χ2v) is 7.46. The van der Waals surface area contributed by atoms with Gasteiger partial charge < -0.3 is 5.73 Å². The molecular weight excluding hydrogens is 310 g/mol. The number of hydrogen-bond acceptors (Lipinski definition) is 4. The summed E-state index contributed by atoms with van der Waals surface area (Å²) in [5.74, 6) is 0. The van der Waals surface area contributed by atoms with Crippen LogP contribution in [-0.4, -0.2) is 47.5 Å². The molecule has 1 aliphatic heterocycles. The Kier molecular flexibility index (Phi) is 6.02. The van der Waals surface area contributed by atoms with Crippen LogP contribution in [0.4, 0.5) is 0 Å². The molecule has 1 saturated heterocycles. The van der Waals surface area contributed by atoms with E-state index >= 15 is 0 Å². The summed E-state index contributed by atoms with van der Waals surface area (Å²) in [7, 11) is 0. The number of nitrogens with zero attached hydrogens (tertiary/aromatic N) is 3. The minimum atomic E-state index is 0.606. The Balaban J connectivity index is 1.91. The zero-order valence-electron chi connectivity index (χ0n) is 15.5. The molecule has 0 radical (unpaired) electrons. The lowest BCUT2D eigenvalue weighted by Crippen LogP contribution is -2.57. The smallest absolute Gasteiger partial charge is 0.137 e. The highest BCUT2D eigenvalue weighted by Crippen LogP contribution is 2.23. The average Bonchev–Trinajstić information content (AvgIpc) is 2.73. The summed E-state index contributed by atoms with van der Waals surface area (Å²) < 4.78 is 0.873. The van der Waals surface area contributed by atoms with E-state index in [-0.39, 0.29) is 0 Å². The van der Waals surface area contributed by atoms with Gasteiger partial charge in [0.05, 0.1) is 18.7 Å². The van der Waals surface area contributed by atoms with Crippen molar-refractivity contribution in [3.8, 4) is 0 Å². The molecule has 1 atom stereocenters. The first-order valence-electron chi connectivity index (χ1n) is 9.49. The van der Waals surface area contributed by atoms with Crippen LogP contribution in [-0.2, 0) is 6.54 Å². The minimum Gasteiger partial charge on any atom is -0.318 e. The topological polar surface area (TPSA) is 68.2 Å². The van der Waals surface area contributed by atoms with Crippen molar-refractivity contribution in [3.05, 3.63) is 41.6 Å². The van der Waals surface area contributed by atoms with Gasteiger partial charge in [-0.15, -0.1) is 0 Å². The van der Waals surface area contributed by atoms with Crippen LogP contribution in [0.2, 0.25) is 0 Å². The van der Waals surface area contributed by atoms with Crippen LogP contribution in [0.3, 0.4) is 0 Å². The molecule has 0 saturated carbocycles. The molecule has 1 aromatic carbocycles. The monoisotopic (exact) mass is 342 g/mol. The van der Waals surface area contributed by atoms with Crippen LogP contribution in [0.1, 0.15) is 36.9 Å². The predicted molar refractivity (Wildman–Crippen MR) is 103 cm³/mol. The zero-order valence-corrected chi connectivity index (χ0v) is 15.5. The first kappa shape index (κ1) is 18.3. The molecule has 5 nitrogen and oxygen atoms in total. The molecule has 136 valence electrons. The van der Waals surface area contributed by atoms with Crippen LogP contribution >= 0.6 is 0 Å². The van der Waals surface area contributed by atoms with Crippen LogP contribution in [0.25, 0.3) is 10.9 Å². The van der Waals surface area contributed by atoms with Crippen molar-refractivity contribution in [2.24, 2.45) is 11.5 Å². The quantitative estimate of drug-likeness (QED) is 0.838. The first-order valence-corrected chi connectivity index (χ1v) is 9.49. The molecule has 3 rings (SSSR count). The molecule has 0 amide bonds. The number of fused-ring (bicyclic) bond motifs is 1. The molecule has 0 bridgehead atoms. The van der Waals surface area contributed by atoms with Crippen molar-refractivity contribution >= 4 is 10.9 Å². The summed E-state index contributed by atoms with van der Waals surface area (Å²) in [6.07, 6.45) is 5.04. The van der Waals surface area contributed by atoms with E-state index in [9.17, 15) is 0 Å². The van der Waals surface area contributed by atoms with Gasteiger partial charge in [-0.1, -0.05) is 24.6 Å². The number of para-hydroxylation sites is 1. The number of pyridine rings is 1. The second-order valence-electron chi connectivity index (χ2n) is 7.46. The highest BCUT2D eigenvalue weighted by atomic mass is 15.5. The molecule has 2 heterocycles. The Bertz CT molecular complexity index is 702. The van der Waals surface area contributed by atoms with Crippen LogP contribution < -0.4 is 11.5 Å². The molecule has 1 unspecified atom stereocenters. The predicted octanol–water partition coefficient (Wildman–Crippen LogP) is 2.53. The third-order valence-corrected chi connectivity index (χ3v) is 5.53. The molecule has 0 aliphatic carbocycles. The van der Waals surface area contributed by atoms with Crippen molar-refractivity contribution in [2.75, 3.05) is 33.1 Å². The summed E-state index contributed by atoms with van der Waals surface area (Å²) in [4.78, 5) is 7.18. The number of quaternary nitrogens is 1. The lowest BCUT2D eigenvalue weighted by molar-refractivity contribution is -0.949. The molecule has 1 aromatic heterocycles. The van der Waals surface area contributed by atoms with Crippen molar-refractivity contribution in [3.63, 3.8) is 0 Å². The third kappa shape index (κ3) is 4.36. The molecule has 25 heavy (non-hydrogen) atoms. The van der Waals surface area contributed by atoms with Crippen LogP contribution in [0, 0.1) is 6.92 Å². The van der Waals surface area contributed by atoms with Gasteiger partial charge in [0, 0.05) is 23.2 Å². The third-order valence-electron chi connectivity index (χ3n) is 5.53. The minimum absolute atomic E-state index is 0.606. The van der Waals surface area contributed by atoms with Gasteiger partial charge in [0.1, 0.15) is 19.9 Å². The van der Waals surface area contributed by atoms with E-state index in [0.29, 0.717) is 13.3 Å². The molecule has 4 N–H and O–H groups in total. The molecule has 2 aromatic rings. The Morgan fingerprint density at radius 1 is 1.12 bits per heavy atom. The fourth-order valence-corrected chi connectivity index (χ4v) is 3.97. The summed E-state index contributed by atoms with van der Waals surface area (Å²) in [5.41, 5.74) is 15.8. The van der Waals surface area contributed by atoms with E-state index in [1.165, 1.54) is 36.6 Å². The van der Waals surface area contributed by atoms with Crippen LogP contribution in [0.15, 0.2) is 30.3 Å². The molecule has 0 spiro atoms. The van der Waals surface area contributed by atoms with E-state index in [1.807, 2.05) is 6.07 Å². The van der Waals surface area contributed by atoms with Gasteiger partial charge >= 0.3 is 0 Å². The number of aromatic nitrogens is 1. The van der Waals surface area contributed by atoms with Gasteiger partial charge in [-0.25, -0.2) is 4.90 Å².